The van der Waals surface area contributed by atoms with Crippen molar-refractivity contribution in [3.63, 3.8) is 0 Å². The van der Waals surface area contributed by atoms with Crippen molar-refractivity contribution < 1.29 is 14.6 Å². The summed E-state index contributed by atoms with van der Waals surface area (Å²) in [7, 11) is 0. The lowest BCUT2D eigenvalue weighted by Gasteiger charge is -2.60. The number of esters is 1. The average Bonchev–Trinajstić information content (AvgIpc) is 2.96. The molecule has 3 N–H and O–H groups in total. The highest BCUT2D eigenvalue weighted by molar-refractivity contribution is 5.94. The molecule has 5 nitrogen and oxygen atoms in total. The third-order valence-electron chi connectivity index (χ3n) is 8.78. The highest BCUT2D eigenvalue weighted by Gasteiger charge is 2.62. The number of nitrogens with one attached hydrogen (secondary N) is 2. The molecular weight excluding hydrogens is 352 g/mol. The number of hydrogen-bond acceptors (Lipinski definition) is 5. The van der Waals surface area contributed by atoms with Crippen molar-refractivity contribution >= 4 is 17.4 Å². The van der Waals surface area contributed by atoms with Gasteiger partial charge in [0.05, 0.1) is 11.8 Å². The standard InChI is InChI=1S/C23H34N2O3/c1-13(26)28-12-19(25)18-7-6-17-16-5-4-14-10-15(24)8-9-22(14,2)21(16)20(27)11-23(17,18)3/h10,16-18,20-21,24-25,27H,4-9,11-12H2,1-3H3/t16-,17?,18+,20-,21?,22-,23-/m0/s1. The number of fused-ring (bicyclic) bond motifs is 5. The van der Waals surface area contributed by atoms with E-state index in [0.29, 0.717) is 17.5 Å². The third-order valence-corrected chi connectivity index (χ3v) is 8.78. The molecule has 2 unspecified atom stereocenters. The zero-order valence-electron chi connectivity index (χ0n) is 17.4. The molecule has 4 rings (SSSR count). The number of carbonyl (C=O) groups is 1. The van der Waals surface area contributed by atoms with Crippen molar-refractivity contribution in [2.45, 2.75) is 71.8 Å². The van der Waals surface area contributed by atoms with E-state index in [1.165, 1.54) is 12.5 Å². The van der Waals surface area contributed by atoms with E-state index in [9.17, 15) is 9.90 Å². The summed E-state index contributed by atoms with van der Waals surface area (Å²) < 4.78 is 5.12. The van der Waals surface area contributed by atoms with Crippen molar-refractivity contribution in [2.24, 2.45) is 34.5 Å². The van der Waals surface area contributed by atoms with Gasteiger partial charge in [0.2, 0.25) is 0 Å². The summed E-state index contributed by atoms with van der Waals surface area (Å²) in [5, 5.41) is 28.0. The number of hydrogen-bond donors (Lipinski definition) is 3. The molecule has 0 amide bonds. The normalized spacial score (nSPS) is 44.8. The molecule has 0 saturated heterocycles. The molecule has 4 aliphatic carbocycles. The molecule has 3 fully saturated rings. The Hall–Kier alpha value is -1.49. The molecule has 4 aliphatic rings. The van der Waals surface area contributed by atoms with Crippen LogP contribution in [0.4, 0.5) is 0 Å². The van der Waals surface area contributed by atoms with Crippen LogP contribution in [0.25, 0.3) is 0 Å². The minimum absolute atomic E-state index is 0.0115. The first-order chi connectivity index (χ1) is 13.2. The zero-order valence-corrected chi connectivity index (χ0v) is 17.4. The molecule has 0 aromatic rings. The predicted octanol–water partition coefficient (Wildman–Crippen LogP) is 4.14. The molecule has 0 spiro atoms. The Kier molecular flexibility index (Phi) is 4.80. The Morgan fingerprint density at radius 2 is 2.04 bits per heavy atom. The lowest BCUT2D eigenvalue weighted by molar-refractivity contribution is -0.139. The van der Waals surface area contributed by atoms with E-state index in [1.807, 2.05) is 0 Å². The summed E-state index contributed by atoms with van der Waals surface area (Å²) in [6, 6.07) is 0. The van der Waals surface area contributed by atoms with Gasteiger partial charge in [0.1, 0.15) is 6.61 Å². The van der Waals surface area contributed by atoms with Gasteiger partial charge in [-0.3, -0.25) is 4.79 Å². The van der Waals surface area contributed by atoms with Gasteiger partial charge in [-0.15, -0.1) is 0 Å². The number of rotatable bonds is 3. The van der Waals surface area contributed by atoms with Crippen molar-refractivity contribution in [3.8, 4) is 0 Å². The fraction of sp³-hybridized carbons (Fsp3) is 0.783. The summed E-state index contributed by atoms with van der Waals surface area (Å²) in [6.07, 6.45) is 8.42. The molecule has 0 aromatic heterocycles. The first-order valence-corrected chi connectivity index (χ1v) is 10.8. The minimum atomic E-state index is -0.366. The quantitative estimate of drug-likeness (QED) is 0.502. The maximum atomic E-state index is 11.4. The first-order valence-electron chi connectivity index (χ1n) is 10.8. The smallest absolute Gasteiger partial charge is 0.303 e. The number of aliphatic hydroxyl groups is 1. The third kappa shape index (κ3) is 2.89. The second-order valence-corrected chi connectivity index (χ2v) is 10.2. The fourth-order valence-corrected chi connectivity index (χ4v) is 7.57. The van der Waals surface area contributed by atoms with Crippen LogP contribution in [-0.4, -0.2) is 35.2 Å². The van der Waals surface area contributed by atoms with Crippen LogP contribution in [0.2, 0.25) is 0 Å². The maximum absolute atomic E-state index is 11.4. The Balaban J connectivity index is 1.61. The summed E-state index contributed by atoms with van der Waals surface area (Å²) in [5.41, 5.74) is 2.55. The van der Waals surface area contributed by atoms with E-state index in [1.54, 1.807) is 0 Å². The molecular formula is C23H34N2O3. The molecule has 5 heteroatoms. The molecule has 3 saturated carbocycles. The number of carbonyl (C=O) groups excluding carboxylic acids is 1. The van der Waals surface area contributed by atoms with Crippen LogP contribution in [-0.2, 0) is 9.53 Å². The van der Waals surface area contributed by atoms with Crippen molar-refractivity contribution in [3.05, 3.63) is 11.6 Å². The van der Waals surface area contributed by atoms with Gasteiger partial charge >= 0.3 is 5.97 Å². The summed E-state index contributed by atoms with van der Waals surface area (Å²) in [4.78, 5) is 11.2. The van der Waals surface area contributed by atoms with Gasteiger partial charge in [-0.25, -0.2) is 0 Å². The molecule has 7 atom stereocenters. The van der Waals surface area contributed by atoms with Gasteiger partial charge in [0, 0.05) is 18.6 Å². The molecule has 0 bridgehead atoms. The lowest BCUT2D eigenvalue weighted by Crippen LogP contribution is -2.57. The molecule has 0 heterocycles. The van der Waals surface area contributed by atoms with Crippen LogP contribution >= 0.6 is 0 Å². The van der Waals surface area contributed by atoms with Gasteiger partial charge in [-0.05, 0) is 79.6 Å². The Labute approximate surface area is 167 Å². The Morgan fingerprint density at radius 3 is 2.75 bits per heavy atom. The molecule has 0 aromatic carbocycles. The predicted molar refractivity (Wildman–Crippen MR) is 109 cm³/mol. The van der Waals surface area contributed by atoms with E-state index in [2.05, 4.69) is 19.9 Å². The van der Waals surface area contributed by atoms with Gasteiger partial charge in [0.25, 0.3) is 0 Å². The first kappa shape index (κ1) is 19.8. The Morgan fingerprint density at radius 1 is 1.29 bits per heavy atom. The molecule has 0 aliphatic heterocycles. The second kappa shape index (κ2) is 6.79. The molecule has 154 valence electrons. The molecule has 0 radical (unpaired) electrons. The minimum Gasteiger partial charge on any atom is -0.460 e. The van der Waals surface area contributed by atoms with E-state index in [0.717, 1.165) is 50.7 Å². The highest BCUT2D eigenvalue weighted by atomic mass is 16.5. The van der Waals surface area contributed by atoms with Crippen LogP contribution < -0.4 is 0 Å². The van der Waals surface area contributed by atoms with E-state index in [4.69, 9.17) is 15.6 Å². The Bertz CT molecular complexity index is 744. The van der Waals surface area contributed by atoms with Gasteiger partial charge in [-0.1, -0.05) is 19.4 Å². The number of aliphatic hydroxyl groups excluding tert-OH is 1. The van der Waals surface area contributed by atoms with Crippen LogP contribution in [0.3, 0.4) is 0 Å². The molecule has 28 heavy (non-hydrogen) atoms. The SMILES string of the molecule is CC(=O)OCC(=N)[C@H]1CCC2[C@@H]3CCC4=CC(=N)CC[C@]4(C)C3[C@@H](O)C[C@@]21C. The highest BCUT2D eigenvalue weighted by Crippen LogP contribution is 2.66. The van der Waals surface area contributed by atoms with Gasteiger partial charge in [-0.2, -0.15) is 0 Å². The lowest BCUT2D eigenvalue weighted by atomic mass is 9.46. The summed E-state index contributed by atoms with van der Waals surface area (Å²) >= 11 is 0. The summed E-state index contributed by atoms with van der Waals surface area (Å²) in [6.45, 7) is 6.06. The van der Waals surface area contributed by atoms with Crippen LogP contribution in [0.5, 0.6) is 0 Å². The summed E-state index contributed by atoms with van der Waals surface area (Å²) in [5.74, 6) is 1.02. The zero-order chi connectivity index (χ0) is 20.3. The van der Waals surface area contributed by atoms with Crippen molar-refractivity contribution in [2.75, 3.05) is 6.61 Å². The number of ether oxygens (including phenoxy) is 1. The van der Waals surface area contributed by atoms with E-state index in [-0.39, 0.29) is 41.3 Å². The largest absolute Gasteiger partial charge is 0.460 e. The van der Waals surface area contributed by atoms with Gasteiger partial charge < -0.3 is 20.7 Å². The van der Waals surface area contributed by atoms with Crippen LogP contribution in [0.15, 0.2) is 11.6 Å². The van der Waals surface area contributed by atoms with E-state index >= 15 is 0 Å². The average molecular weight is 387 g/mol. The number of allylic oxidation sites excluding steroid dienone is 2. The monoisotopic (exact) mass is 386 g/mol. The van der Waals surface area contributed by atoms with Gasteiger partial charge in [0.15, 0.2) is 0 Å². The van der Waals surface area contributed by atoms with Crippen molar-refractivity contribution in [1.29, 1.82) is 10.8 Å². The topological polar surface area (TPSA) is 94.2 Å². The van der Waals surface area contributed by atoms with Crippen molar-refractivity contribution in [1.82, 2.24) is 0 Å². The fourth-order valence-electron chi connectivity index (χ4n) is 7.57. The second-order valence-electron chi connectivity index (χ2n) is 10.2. The van der Waals surface area contributed by atoms with Crippen LogP contribution in [0, 0.1) is 45.3 Å². The maximum Gasteiger partial charge on any atom is 0.303 e. The van der Waals surface area contributed by atoms with Crippen LogP contribution in [0.1, 0.15) is 65.7 Å². The van der Waals surface area contributed by atoms with E-state index < -0.39 is 0 Å².